The van der Waals surface area contributed by atoms with Gasteiger partial charge in [0.1, 0.15) is 0 Å². The van der Waals surface area contributed by atoms with E-state index in [9.17, 15) is 0 Å². The summed E-state index contributed by atoms with van der Waals surface area (Å²) in [6.45, 7) is 2.95. The summed E-state index contributed by atoms with van der Waals surface area (Å²) in [5, 5.41) is 0. The first-order valence-electron chi connectivity index (χ1n) is 6.67. The third-order valence-electron chi connectivity index (χ3n) is 3.57. The summed E-state index contributed by atoms with van der Waals surface area (Å²) in [6, 6.07) is 14.7. The Balaban J connectivity index is 2.08. The standard InChI is InChI=1S/C16H16IN3/c1-2-11-5-3-4-6-12(11)10-20-15-8-7-13(17)9-14(15)19-16(20)18/h3-9H,2,10H2,1H3,(H2,18,19). The molecule has 0 atom stereocenters. The Morgan fingerprint density at radius 3 is 2.65 bits per heavy atom. The molecule has 3 aromatic rings. The predicted molar refractivity (Wildman–Crippen MR) is 91.8 cm³/mol. The molecule has 4 heteroatoms. The molecule has 3 rings (SSSR count). The van der Waals surface area contributed by atoms with Crippen molar-refractivity contribution in [1.82, 2.24) is 9.55 Å². The second-order valence-electron chi connectivity index (χ2n) is 4.81. The molecule has 0 aliphatic heterocycles. The fourth-order valence-corrected chi connectivity index (χ4v) is 2.99. The number of fused-ring (bicyclic) bond motifs is 1. The van der Waals surface area contributed by atoms with Crippen LogP contribution < -0.4 is 5.73 Å². The molecule has 1 aromatic heterocycles. The van der Waals surface area contributed by atoms with Crippen LogP contribution in [0, 0.1) is 3.57 Å². The zero-order chi connectivity index (χ0) is 14.1. The molecule has 0 unspecified atom stereocenters. The Hall–Kier alpha value is -1.56. The first-order chi connectivity index (χ1) is 9.69. The van der Waals surface area contributed by atoms with Gasteiger partial charge in [0, 0.05) is 3.57 Å². The van der Waals surface area contributed by atoms with E-state index in [4.69, 9.17) is 5.73 Å². The Bertz CT molecular complexity index is 762. The number of nitrogens with two attached hydrogens (primary N) is 1. The van der Waals surface area contributed by atoms with Crippen LogP contribution in [0.4, 0.5) is 5.95 Å². The summed E-state index contributed by atoms with van der Waals surface area (Å²) in [5.74, 6) is 0.577. The van der Waals surface area contributed by atoms with E-state index in [1.54, 1.807) is 0 Å². The molecule has 2 N–H and O–H groups in total. The molecule has 0 amide bonds. The van der Waals surface area contributed by atoms with Crippen LogP contribution in [0.1, 0.15) is 18.1 Å². The first-order valence-corrected chi connectivity index (χ1v) is 7.75. The molecule has 0 aliphatic carbocycles. The van der Waals surface area contributed by atoms with Crippen molar-refractivity contribution in [2.24, 2.45) is 0 Å². The number of nitrogens with zero attached hydrogens (tertiary/aromatic N) is 2. The number of aromatic nitrogens is 2. The number of halogens is 1. The van der Waals surface area contributed by atoms with Crippen molar-refractivity contribution in [1.29, 1.82) is 0 Å². The van der Waals surface area contributed by atoms with Gasteiger partial charge < -0.3 is 10.3 Å². The van der Waals surface area contributed by atoms with Gasteiger partial charge >= 0.3 is 0 Å². The monoisotopic (exact) mass is 377 g/mol. The average molecular weight is 377 g/mol. The van der Waals surface area contributed by atoms with Gasteiger partial charge in [-0.3, -0.25) is 0 Å². The van der Waals surface area contributed by atoms with Crippen LogP contribution in [0.2, 0.25) is 0 Å². The molecule has 3 nitrogen and oxygen atoms in total. The molecule has 0 fully saturated rings. The van der Waals surface area contributed by atoms with Crippen LogP contribution in [-0.2, 0) is 13.0 Å². The van der Waals surface area contributed by atoms with Crippen LogP contribution in [0.3, 0.4) is 0 Å². The van der Waals surface area contributed by atoms with E-state index in [1.165, 1.54) is 14.7 Å². The van der Waals surface area contributed by atoms with E-state index in [1.807, 2.05) is 0 Å². The largest absolute Gasteiger partial charge is 0.369 e. The molecule has 2 aromatic carbocycles. The van der Waals surface area contributed by atoms with E-state index in [-0.39, 0.29) is 0 Å². The zero-order valence-electron chi connectivity index (χ0n) is 11.3. The molecular formula is C16H16IN3. The number of rotatable bonds is 3. The Morgan fingerprint density at radius 1 is 1.15 bits per heavy atom. The van der Waals surface area contributed by atoms with E-state index >= 15 is 0 Å². The fraction of sp³-hybridized carbons (Fsp3) is 0.188. The van der Waals surface area contributed by atoms with Crippen LogP contribution in [-0.4, -0.2) is 9.55 Å². The SMILES string of the molecule is CCc1ccccc1Cn1c(N)nc2cc(I)ccc21. The van der Waals surface area contributed by atoms with E-state index in [2.05, 4.69) is 81.5 Å². The predicted octanol–water partition coefficient (Wildman–Crippen LogP) is 3.83. The van der Waals surface area contributed by atoms with Crippen LogP contribution in [0.15, 0.2) is 42.5 Å². The van der Waals surface area contributed by atoms with Gasteiger partial charge in [0.05, 0.1) is 17.6 Å². The summed E-state index contributed by atoms with van der Waals surface area (Å²) >= 11 is 2.29. The first kappa shape index (κ1) is 13.4. The van der Waals surface area contributed by atoms with E-state index in [0.717, 1.165) is 24.0 Å². The summed E-state index contributed by atoms with van der Waals surface area (Å²) in [6.07, 6.45) is 1.03. The number of hydrogen-bond acceptors (Lipinski definition) is 2. The number of aryl methyl sites for hydroxylation is 1. The Morgan fingerprint density at radius 2 is 1.90 bits per heavy atom. The Labute approximate surface area is 132 Å². The maximum atomic E-state index is 6.09. The van der Waals surface area contributed by atoms with E-state index in [0.29, 0.717) is 5.95 Å². The van der Waals surface area contributed by atoms with Gasteiger partial charge in [-0.2, -0.15) is 0 Å². The highest BCUT2D eigenvalue weighted by Crippen LogP contribution is 2.22. The minimum atomic E-state index is 0.577. The quantitative estimate of drug-likeness (QED) is 0.705. The van der Waals surface area contributed by atoms with E-state index < -0.39 is 0 Å². The van der Waals surface area contributed by atoms with Crippen LogP contribution in [0.25, 0.3) is 11.0 Å². The third kappa shape index (κ3) is 2.40. The van der Waals surface area contributed by atoms with Crippen molar-refractivity contribution in [3.05, 3.63) is 57.2 Å². The number of benzene rings is 2. The van der Waals surface area contributed by atoms with Gasteiger partial charge in [-0.15, -0.1) is 0 Å². The minimum Gasteiger partial charge on any atom is -0.369 e. The molecular weight excluding hydrogens is 361 g/mol. The lowest BCUT2D eigenvalue weighted by molar-refractivity contribution is 0.825. The third-order valence-corrected chi connectivity index (χ3v) is 4.24. The lowest BCUT2D eigenvalue weighted by Gasteiger charge is -2.10. The number of nitrogen functional groups attached to an aromatic ring is 1. The normalized spacial score (nSPS) is 11.1. The fourth-order valence-electron chi connectivity index (χ4n) is 2.51. The maximum absolute atomic E-state index is 6.09. The second-order valence-corrected chi connectivity index (χ2v) is 6.06. The van der Waals surface area contributed by atoms with Crippen LogP contribution >= 0.6 is 22.6 Å². The highest BCUT2D eigenvalue weighted by atomic mass is 127. The molecule has 1 heterocycles. The Kier molecular flexibility index (Phi) is 3.65. The van der Waals surface area contributed by atoms with Crippen molar-refractivity contribution < 1.29 is 0 Å². The van der Waals surface area contributed by atoms with Crippen molar-refractivity contribution in [3.8, 4) is 0 Å². The van der Waals surface area contributed by atoms with Crippen molar-refractivity contribution >= 4 is 39.6 Å². The highest BCUT2D eigenvalue weighted by Gasteiger charge is 2.10. The molecule has 0 saturated heterocycles. The molecule has 0 aliphatic rings. The summed E-state index contributed by atoms with van der Waals surface area (Å²) in [7, 11) is 0. The summed E-state index contributed by atoms with van der Waals surface area (Å²) in [4.78, 5) is 4.46. The number of anilines is 1. The lowest BCUT2D eigenvalue weighted by atomic mass is 10.1. The zero-order valence-corrected chi connectivity index (χ0v) is 13.5. The molecule has 0 radical (unpaired) electrons. The molecule has 0 bridgehead atoms. The maximum Gasteiger partial charge on any atom is 0.201 e. The van der Waals surface area contributed by atoms with Crippen LogP contribution in [0.5, 0.6) is 0 Å². The summed E-state index contributed by atoms with van der Waals surface area (Å²) in [5.41, 5.74) is 10.8. The molecule has 0 spiro atoms. The smallest absolute Gasteiger partial charge is 0.201 e. The van der Waals surface area contributed by atoms with Gasteiger partial charge in [-0.05, 0) is 58.3 Å². The van der Waals surface area contributed by atoms with Gasteiger partial charge in [-0.25, -0.2) is 4.98 Å². The van der Waals surface area contributed by atoms with Crippen molar-refractivity contribution in [2.45, 2.75) is 19.9 Å². The molecule has 102 valence electrons. The van der Waals surface area contributed by atoms with Gasteiger partial charge in [-0.1, -0.05) is 31.2 Å². The van der Waals surface area contributed by atoms with Gasteiger partial charge in [0.15, 0.2) is 0 Å². The van der Waals surface area contributed by atoms with Gasteiger partial charge in [0.2, 0.25) is 5.95 Å². The highest BCUT2D eigenvalue weighted by molar-refractivity contribution is 14.1. The van der Waals surface area contributed by atoms with Crippen molar-refractivity contribution in [3.63, 3.8) is 0 Å². The molecule has 0 saturated carbocycles. The van der Waals surface area contributed by atoms with Gasteiger partial charge in [0.25, 0.3) is 0 Å². The lowest BCUT2D eigenvalue weighted by Crippen LogP contribution is -2.06. The van der Waals surface area contributed by atoms with Crippen molar-refractivity contribution in [2.75, 3.05) is 5.73 Å². The minimum absolute atomic E-state index is 0.577. The topological polar surface area (TPSA) is 43.8 Å². The average Bonchev–Trinajstić information content (AvgIpc) is 2.75. The number of hydrogen-bond donors (Lipinski definition) is 1. The molecule has 20 heavy (non-hydrogen) atoms. The summed E-state index contributed by atoms with van der Waals surface area (Å²) < 4.78 is 3.26. The second kappa shape index (κ2) is 5.44. The number of imidazole rings is 1.